The second kappa shape index (κ2) is 7.48. The molecule has 8 nitrogen and oxygen atoms in total. The summed E-state index contributed by atoms with van der Waals surface area (Å²) in [7, 11) is -3.53. The average molecular weight is 429 g/mol. The van der Waals surface area contributed by atoms with Crippen LogP contribution in [0.15, 0.2) is 47.4 Å². The number of anilines is 1. The number of sulfonamides is 1. The second-order valence-corrected chi connectivity index (χ2v) is 9.50. The SMILES string of the molecule is O=C(Cc1ccc2c(c1)OCO2)N1CCC([C@@H]2Nc3ccccc3S(=O)(=O)N2)CC1. The summed E-state index contributed by atoms with van der Waals surface area (Å²) >= 11 is 0. The summed E-state index contributed by atoms with van der Waals surface area (Å²) in [6.07, 6.45) is 1.41. The summed E-state index contributed by atoms with van der Waals surface area (Å²) in [5.74, 6) is 1.56. The molecule has 3 heterocycles. The number of rotatable bonds is 3. The van der Waals surface area contributed by atoms with Crippen molar-refractivity contribution in [2.75, 3.05) is 25.2 Å². The third-order valence-corrected chi connectivity index (χ3v) is 7.43. The summed E-state index contributed by atoms with van der Waals surface area (Å²) in [4.78, 5) is 14.9. The van der Waals surface area contributed by atoms with Gasteiger partial charge in [-0.25, -0.2) is 8.42 Å². The van der Waals surface area contributed by atoms with Crippen LogP contribution in [0.4, 0.5) is 5.69 Å². The summed E-state index contributed by atoms with van der Waals surface area (Å²) < 4.78 is 38.5. The van der Waals surface area contributed by atoms with E-state index in [0.29, 0.717) is 36.7 Å². The van der Waals surface area contributed by atoms with Crippen molar-refractivity contribution in [3.63, 3.8) is 0 Å². The monoisotopic (exact) mass is 429 g/mol. The highest BCUT2D eigenvalue weighted by Crippen LogP contribution is 2.33. The van der Waals surface area contributed by atoms with Gasteiger partial charge in [-0.1, -0.05) is 18.2 Å². The number of fused-ring (bicyclic) bond motifs is 2. The lowest BCUT2D eigenvalue weighted by Gasteiger charge is -2.39. The Bertz CT molecular complexity index is 1080. The molecule has 5 rings (SSSR count). The Kier molecular flexibility index (Phi) is 4.79. The first-order valence-corrected chi connectivity index (χ1v) is 11.5. The standard InChI is InChI=1S/C21H23N3O5S/c25-20(12-14-5-6-17-18(11-14)29-13-28-17)24-9-7-15(8-10-24)21-22-16-3-1-2-4-19(16)30(26,27)23-21/h1-6,11,15,21-23H,7-10,12-13H2/t21-/m1/s1. The molecule has 9 heteroatoms. The third-order valence-electron chi connectivity index (χ3n) is 5.93. The van der Waals surface area contributed by atoms with Crippen LogP contribution in [-0.2, 0) is 21.2 Å². The Labute approximate surface area is 175 Å². The van der Waals surface area contributed by atoms with Crippen LogP contribution in [0.5, 0.6) is 11.5 Å². The van der Waals surface area contributed by atoms with Crippen molar-refractivity contribution in [2.24, 2.45) is 5.92 Å². The Balaban J connectivity index is 1.20. The van der Waals surface area contributed by atoms with Crippen LogP contribution < -0.4 is 19.5 Å². The van der Waals surface area contributed by atoms with Gasteiger partial charge < -0.3 is 19.7 Å². The number of hydrogen-bond donors (Lipinski definition) is 2. The molecule has 30 heavy (non-hydrogen) atoms. The normalized spacial score (nSPS) is 22.3. The molecular formula is C21H23N3O5S. The summed E-state index contributed by atoms with van der Waals surface area (Å²) in [6.45, 7) is 1.43. The number of amides is 1. The maximum atomic E-state index is 12.7. The Hall–Kier alpha value is -2.78. The topological polar surface area (TPSA) is 97.0 Å². The van der Waals surface area contributed by atoms with E-state index in [1.165, 1.54) is 0 Å². The number of ether oxygens (including phenoxy) is 2. The molecule has 0 radical (unpaired) electrons. The zero-order valence-corrected chi connectivity index (χ0v) is 17.2. The van der Waals surface area contributed by atoms with Crippen LogP contribution >= 0.6 is 0 Å². The van der Waals surface area contributed by atoms with Crippen molar-refractivity contribution in [2.45, 2.75) is 30.3 Å². The van der Waals surface area contributed by atoms with Gasteiger partial charge in [-0.15, -0.1) is 0 Å². The Morgan fingerprint density at radius 1 is 1.07 bits per heavy atom. The molecule has 3 aliphatic heterocycles. The van der Waals surface area contributed by atoms with E-state index in [4.69, 9.17) is 9.47 Å². The van der Waals surface area contributed by atoms with Crippen molar-refractivity contribution < 1.29 is 22.7 Å². The first kappa shape index (κ1) is 19.2. The molecule has 0 aliphatic carbocycles. The second-order valence-electron chi connectivity index (χ2n) is 7.82. The first-order chi connectivity index (χ1) is 14.5. The van der Waals surface area contributed by atoms with Crippen molar-refractivity contribution in [1.82, 2.24) is 9.62 Å². The van der Waals surface area contributed by atoms with Gasteiger partial charge in [-0.2, -0.15) is 4.72 Å². The fourth-order valence-corrected chi connectivity index (χ4v) is 5.67. The quantitative estimate of drug-likeness (QED) is 0.774. The number of nitrogens with one attached hydrogen (secondary N) is 2. The maximum Gasteiger partial charge on any atom is 0.244 e. The van der Waals surface area contributed by atoms with E-state index >= 15 is 0 Å². The zero-order valence-electron chi connectivity index (χ0n) is 16.3. The lowest BCUT2D eigenvalue weighted by atomic mass is 9.93. The molecule has 0 saturated carbocycles. The molecule has 2 aromatic rings. The molecule has 3 aliphatic rings. The molecule has 0 bridgehead atoms. The van der Waals surface area contributed by atoms with Crippen LogP contribution in [0.3, 0.4) is 0 Å². The minimum Gasteiger partial charge on any atom is -0.454 e. The van der Waals surface area contributed by atoms with Gasteiger partial charge in [-0.05, 0) is 48.6 Å². The molecule has 1 fully saturated rings. The van der Waals surface area contributed by atoms with Crippen molar-refractivity contribution in [3.05, 3.63) is 48.0 Å². The molecule has 1 saturated heterocycles. The van der Waals surface area contributed by atoms with Gasteiger partial charge in [0.2, 0.25) is 22.7 Å². The first-order valence-electron chi connectivity index (χ1n) is 10.0. The van der Waals surface area contributed by atoms with E-state index in [-0.39, 0.29) is 29.7 Å². The van der Waals surface area contributed by atoms with Gasteiger partial charge in [0.05, 0.1) is 18.3 Å². The van der Waals surface area contributed by atoms with Gasteiger partial charge in [0.25, 0.3) is 0 Å². The minimum absolute atomic E-state index is 0.0647. The number of nitrogens with zero attached hydrogens (tertiary/aromatic N) is 1. The minimum atomic E-state index is -3.53. The molecule has 0 aromatic heterocycles. The van der Waals surface area contributed by atoms with E-state index in [9.17, 15) is 13.2 Å². The van der Waals surface area contributed by atoms with E-state index in [2.05, 4.69) is 10.0 Å². The fourth-order valence-electron chi connectivity index (χ4n) is 4.28. The van der Waals surface area contributed by atoms with Crippen molar-refractivity contribution in [3.8, 4) is 11.5 Å². The molecule has 158 valence electrons. The van der Waals surface area contributed by atoms with E-state index < -0.39 is 10.0 Å². The number of hydrogen-bond acceptors (Lipinski definition) is 6. The van der Waals surface area contributed by atoms with Crippen molar-refractivity contribution >= 4 is 21.6 Å². The fraction of sp³-hybridized carbons (Fsp3) is 0.381. The van der Waals surface area contributed by atoms with E-state index in [0.717, 1.165) is 18.4 Å². The van der Waals surface area contributed by atoms with Crippen LogP contribution in [0.2, 0.25) is 0 Å². The van der Waals surface area contributed by atoms with Gasteiger partial charge in [0, 0.05) is 13.1 Å². The highest BCUT2D eigenvalue weighted by atomic mass is 32.2. The van der Waals surface area contributed by atoms with Crippen LogP contribution in [0, 0.1) is 5.92 Å². The molecule has 0 spiro atoms. The Morgan fingerprint density at radius 3 is 2.67 bits per heavy atom. The number of carbonyl (C=O) groups is 1. The number of carbonyl (C=O) groups excluding carboxylic acids is 1. The number of likely N-dealkylation sites (tertiary alicyclic amines) is 1. The molecule has 1 atom stereocenters. The largest absolute Gasteiger partial charge is 0.454 e. The summed E-state index contributed by atoms with van der Waals surface area (Å²) in [5, 5.41) is 3.31. The molecule has 0 unspecified atom stereocenters. The maximum absolute atomic E-state index is 12.7. The van der Waals surface area contributed by atoms with Crippen LogP contribution in [-0.4, -0.2) is 45.3 Å². The lowest BCUT2D eigenvalue weighted by molar-refractivity contribution is -0.131. The van der Waals surface area contributed by atoms with E-state index in [1.54, 1.807) is 18.2 Å². The molecule has 2 N–H and O–H groups in total. The van der Waals surface area contributed by atoms with Gasteiger partial charge in [0.1, 0.15) is 4.90 Å². The van der Waals surface area contributed by atoms with Crippen LogP contribution in [0.1, 0.15) is 18.4 Å². The van der Waals surface area contributed by atoms with Gasteiger partial charge >= 0.3 is 0 Å². The third kappa shape index (κ3) is 3.59. The highest BCUT2D eigenvalue weighted by Gasteiger charge is 2.35. The average Bonchev–Trinajstić information content (AvgIpc) is 3.21. The molecule has 1 amide bonds. The number of piperidine rings is 1. The predicted molar refractivity (Wildman–Crippen MR) is 110 cm³/mol. The number of benzene rings is 2. The van der Waals surface area contributed by atoms with Gasteiger partial charge in [0.15, 0.2) is 11.5 Å². The molecular weight excluding hydrogens is 406 g/mol. The predicted octanol–water partition coefficient (Wildman–Crippen LogP) is 1.93. The molecule has 2 aromatic carbocycles. The highest BCUT2D eigenvalue weighted by molar-refractivity contribution is 7.89. The smallest absolute Gasteiger partial charge is 0.244 e. The number of para-hydroxylation sites is 1. The summed E-state index contributed by atoms with van der Waals surface area (Å²) in [5.41, 5.74) is 1.52. The van der Waals surface area contributed by atoms with E-state index in [1.807, 2.05) is 29.2 Å². The van der Waals surface area contributed by atoms with Gasteiger partial charge in [-0.3, -0.25) is 4.79 Å². The summed E-state index contributed by atoms with van der Waals surface area (Å²) in [6, 6.07) is 12.5. The lowest BCUT2D eigenvalue weighted by Crippen LogP contribution is -2.52. The Morgan fingerprint density at radius 2 is 1.83 bits per heavy atom. The van der Waals surface area contributed by atoms with Crippen LogP contribution in [0.25, 0.3) is 0 Å². The zero-order chi connectivity index (χ0) is 20.7. The van der Waals surface area contributed by atoms with Crippen molar-refractivity contribution in [1.29, 1.82) is 0 Å².